The Hall–Kier alpha value is -3.48. The second-order valence-corrected chi connectivity index (χ2v) is 7.92. The molecule has 0 spiro atoms. The highest BCUT2D eigenvalue weighted by atomic mass is 16.5. The van der Waals surface area contributed by atoms with E-state index in [0.29, 0.717) is 25.3 Å². The maximum absolute atomic E-state index is 13.2. The summed E-state index contributed by atoms with van der Waals surface area (Å²) in [5.74, 6) is 0.0905. The standard InChI is InChI=1S/C24H26N4O3/c1-16-9-10-18(13-17(16)2)22-14-20(27-31-22)24(30)28-12-6-4-8-21(28)23(29)26-15-19-7-3-5-11-25-19/h3,5,7,9-11,13-14,21H,4,6,8,12,15H2,1-2H3,(H,26,29)/t21-/m0/s1. The summed E-state index contributed by atoms with van der Waals surface area (Å²) in [4.78, 5) is 31.8. The highest BCUT2D eigenvalue weighted by Crippen LogP contribution is 2.25. The third kappa shape index (κ3) is 4.66. The number of hydrogen-bond acceptors (Lipinski definition) is 5. The Morgan fingerprint density at radius 3 is 2.77 bits per heavy atom. The summed E-state index contributed by atoms with van der Waals surface area (Å²) >= 11 is 0. The Balaban J connectivity index is 1.47. The zero-order valence-corrected chi connectivity index (χ0v) is 17.8. The summed E-state index contributed by atoms with van der Waals surface area (Å²) in [5.41, 5.74) is 4.20. The molecule has 0 unspecified atom stereocenters. The Morgan fingerprint density at radius 2 is 2.00 bits per heavy atom. The van der Waals surface area contributed by atoms with Crippen LogP contribution >= 0.6 is 0 Å². The van der Waals surface area contributed by atoms with Crippen molar-refractivity contribution >= 4 is 11.8 Å². The van der Waals surface area contributed by atoms with Crippen molar-refractivity contribution in [3.63, 3.8) is 0 Å². The molecule has 0 radical (unpaired) electrons. The van der Waals surface area contributed by atoms with E-state index >= 15 is 0 Å². The van der Waals surface area contributed by atoms with E-state index in [4.69, 9.17) is 4.52 Å². The lowest BCUT2D eigenvalue weighted by Crippen LogP contribution is -2.51. The number of aromatic nitrogens is 2. The van der Waals surface area contributed by atoms with Gasteiger partial charge < -0.3 is 14.7 Å². The van der Waals surface area contributed by atoms with Gasteiger partial charge in [0.2, 0.25) is 5.91 Å². The van der Waals surface area contributed by atoms with Crippen LogP contribution in [0.1, 0.15) is 46.6 Å². The highest BCUT2D eigenvalue weighted by Gasteiger charge is 2.34. The zero-order valence-electron chi connectivity index (χ0n) is 17.8. The number of likely N-dealkylation sites (tertiary alicyclic amines) is 1. The maximum Gasteiger partial charge on any atom is 0.276 e. The van der Waals surface area contributed by atoms with E-state index in [1.807, 2.05) is 50.2 Å². The SMILES string of the molecule is Cc1ccc(-c2cc(C(=O)N3CCCC[C@H]3C(=O)NCc3ccccn3)no2)cc1C. The minimum Gasteiger partial charge on any atom is -0.355 e. The maximum atomic E-state index is 13.2. The molecule has 1 aromatic carbocycles. The van der Waals surface area contributed by atoms with Crippen molar-refractivity contribution in [2.45, 2.75) is 45.7 Å². The molecule has 31 heavy (non-hydrogen) atoms. The fourth-order valence-electron chi connectivity index (χ4n) is 3.80. The molecule has 1 aliphatic heterocycles. The van der Waals surface area contributed by atoms with Crippen LogP contribution < -0.4 is 5.32 Å². The third-order valence-corrected chi connectivity index (χ3v) is 5.76. The molecule has 1 aliphatic rings. The summed E-state index contributed by atoms with van der Waals surface area (Å²) in [5, 5.41) is 6.91. The van der Waals surface area contributed by atoms with Crippen LogP contribution in [0.25, 0.3) is 11.3 Å². The van der Waals surface area contributed by atoms with Crippen LogP contribution in [0.15, 0.2) is 53.2 Å². The number of nitrogens with one attached hydrogen (secondary N) is 1. The van der Waals surface area contributed by atoms with Crippen LogP contribution in [0.5, 0.6) is 0 Å². The quantitative estimate of drug-likeness (QED) is 0.683. The van der Waals surface area contributed by atoms with Crippen LogP contribution in [0.4, 0.5) is 0 Å². The van der Waals surface area contributed by atoms with Crippen molar-refractivity contribution in [1.29, 1.82) is 0 Å². The Bertz CT molecular complexity index is 1080. The minimum atomic E-state index is -0.522. The topological polar surface area (TPSA) is 88.3 Å². The molecule has 160 valence electrons. The highest BCUT2D eigenvalue weighted by molar-refractivity contribution is 5.96. The average molecular weight is 418 g/mol. The van der Waals surface area contributed by atoms with Gasteiger partial charge in [0.1, 0.15) is 6.04 Å². The van der Waals surface area contributed by atoms with Crippen LogP contribution in [0.2, 0.25) is 0 Å². The van der Waals surface area contributed by atoms with Gasteiger partial charge in [0.25, 0.3) is 5.91 Å². The van der Waals surface area contributed by atoms with Crippen molar-refractivity contribution in [2.24, 2.45) is 0 Å². The van der Waals surface area contributed by atoms with E-state index in [-0.39, 0.29) is 17.5 Å². The van der Waals surface area contributed by atoms with Crippen molar-refractivity contribution in [2.75, 3.05) is 6.54 Å². The predicted molar refractivity (Wildman–Crippen MR) is 116 cm³/mol. The number of rotatable bonds is 5. The van der Waals surface area contributed by atoms with E-state index in [1.54, 1.807) is 17.2 Å². The number of carbonyl (C=O) groups excluding carboxylic acids is 2. The van der Waals surface area contributed by atoms with Gasteiger partial charge in [0.15, 0.2) is 11.5 Å². The van der Waals surface area contributed by atoms with E-state index in [0.717, 1.165) is 29.7 Å². The first-order chi connectivity index (χ1) is 15.0. The first-order valence-electron chi connectivity index (χ1n) is 10.6. The Kier molecular flexibility index (Phi) is 6.11. The summed E-state index contributed by atoms with van der Waals surface area (Å²) in [6.45, 7) is 4.93. The molecule has 2 amide bonds. The number of pyridine rings is 1. The molecule has 4 rings (SSSR count). The number of carbonyl (C=O) groups is 2. The Morgan fingerprint density at radius 1 is 1.13 bits per heavy atom. The zero-order chi connectivity index (χ0) is 21.8. The van der Waals surface area contributed by atoms with E-state index in [1.165, 1.54) is 5.56 Å². The number of benzene rings is 1. The van der Waals surface area contributed by atoms with Gasteiger partial charge in [-0.1, -0.05) is 23.4 Å². The van der Waals surface area contributed by atoms with Crippen molar-refractivity contribution in [3.8, 4) is 11.3 Å². The van der Waals surface area contributed by atoms with E-state index < -0.39 is 6.04 Å². The molecule has 3 aromatic rings. The molecule has 7 nitrogen and oxygen atoms in total. The van der Waals surface area contributed by atoms with Gasteiger partial charge in [-0.05, 0) is 62.4 Å². The number of piperidine rings is 1. The second kappa shape index (κ2) is 9.12. The van der Waals surface area contributed by atoms with Gasteiger partial charge in [-0.2, -0.15) is 0 Å². The van der Waals surface area contributed by atoms with Crippen LogP contribution in [-0.4, -0.2) is 39.4 Å². The lowest BCUT2D eigenvalue weighted by Gasteiger charge is -2.34. The van der Waals surface area contributed by atoms with Gasteiger partial charge in [-0.3, -0.25) is 14.6 Å². The van der Waals surface area contributed by atoms with Crippen molar-refractivity contribution in [3.05, 3.63) is 71.2 Å². The fraction of sp³-hybridized carbons (Fsp3) is 0.333. The van der Waals surface area contributed by atoms with Crippen LogP contribution in [0, 0.1) is 13.8 Å². The molecule has 1 fully saturated rings. The molecule has 0 aliphatic carbocycles. The molecule has 1 N–H and O–H groups in total. The van der Waals surface area contributed by atoms with Gasteiger partial charge >= 0.3 is 0 Å². The van der Waals surface area contributed by atoms with Crippen LogP contribution in [-0.2, 0) is 11.3 Å². The van der Waals surface area contributed by atoms with E-state index in [9.17, 15) is 9.59 Å². The average Bonchev–Trinajstić information content (AvgIpc) is 3.30. The summed E-state index contributed by atoms with van der Waals surface area (Å²) in [7, 11) is 0. The molecule has 0 bridgehead atoms. The predicted octanol–water partition coefficient (Wildman–Crippen LogP) is 3.66. The molecule has 1 saturated heterocycles. The van der Waals surface area contributed by atoms with E-state index in [2.05, 4.69) is 15.5 Å². The molecule has 2 aromatic heterocycles. The van der Waals surface area contributed by atoms with Crippen LogP contribution in [0.3, 0.4) is 0 Å². The van der Waals surface area contributed by atoms with Crippen molar-refractivity contribution < 1.29 is 14.1 Å². The monoisotopic (exact) mass is 418 g/mol. The number of hydrogen-bond donors (Lipinski definition) is 1. The molecule has 7 heteroatoms. The summed E-state index contributed by atoms with van der Waals surface area (Å²) < 4.78 is 5.45. The minimum absolute atomic E-state index is 0.170. The summed E-state index contributed by atoms with van der Waals surface area (Å²) in [6, 6.07) is 12.7. The lowest BCUT2D eigenvalue weighted by atomic mass is 10.0. The normalized spacial score (nSPS) is 16.2. The summed E-state index contributed by atoms with van der Waals surface area (Å²) in [6.07, 6.45) is 4.08. The van der Waals surface area contributed by atoms with Gasteiger partial charge in [-0.25, -0.2) is 0 Å². The first kappa shape index (κ1) is 20.8. The lowest BCUT2D eigenvalue weighted by molar-refractivity contribution is -0.126. The Labute approximate surface area is 181 Å². The smallest absolute Gasteiger partial charge is 0.276 e. The first-order valence-corrected chi connectivity index (χ1v) is 10.6. The molecular formula is C24H26N4O3. The van der Waals surface area contributed by atoms with Gasteiger partial charge in [-0.15, -0.1) is 0 Å². The third-order valence-electron chi connectivity index (χ3n) is 5.76. The number of aryl methyl sites for hydroxylation is 2. The molecular weight excluding hydrogens is 392 g/mol. The molecule has 0 saturated carbocycles. The number of nitrogens with zero attached hydrogens (tertiary/aromatic N) is 3. The van der Waals surface area contributed by atoms with Gasteiger partial charge in [0, 0.05) is 24.4 Å². The van der Waals surface area contributed by atoms with Crippen molar-refractivity contribution in [1.82, 2.24) is 20.4 Å². The molecule has 1 atom stereocenters. The molecule has 3 heterocycles. The second-order valence-electron chi connectivity index (χ2n) is 7.92. The van der Waals surface area contributed by atoms with Gasteiger partial charge in [0.05, 0.1) is 12.2 Å². The fourth-order valence-corrected chi connectivity index (χ4v) is 3.80. The number of amides is 2. The largest absolute Gasteiger partial charge is 0.355 e.